The Morgan fingerprint density at radius 1 is 1.20 bits per heavy atom. The summed E-state index contributed by atoms with van der Waals surface area (Å²) in [6.07, 6.45) is 2.49. The summed E-state index contributed by atoms with van der Waals surface area (Å²) < 4.78 is 4.95. The number of hydrogen-bond acceptors (Lipinski definition) is 5. The molecular weight excluding hydrogens is 287 g/mol. The first kappa shape index (κ1) is 25.9. The minimum atomic E-state index is -0.927. The predicted molar refractivity (Wildman–Crippen MR) is 72.5 cm³/mol. The first-order valence-electron chi connectivity index (χ1n) is 6.89. The molecule has 2 atom stereocenters. The molecule has 0 saturated carbocycles. The molecule has 20 heavy (non-hydrogen) atoms. The average molecular weight is 316 g/mol. The summed E-state index contributed by atoms with van der Waals surface area (Å²) in [5.74, 6) is -0.245. The fraction of sp³-hybridized carbons (Fsp3) is 0.929. The summed E-state index contributed by atoms with van der Waals surface area (Å²) in [7, 11) is 0. The number of unbranched alkanes of at least 4 members (excludes halogenated alkanes) is 1. The largest absolute Gasteiger partial charge is 1.00 e. The van der Waals surface area contributed by atoms with Crippen LogP contribution in [0, 0.1) is 5.92 Å². The zero-order valence-corrected chi connectivity index (χ0v) is 16.7. The van der Waals surface area contributed by atoms with E-state index in [4.69, 9.17) is 14.9 Å². The Kier molecular flexibility index (Phi) is 23.4. The van der Waals surface area contributed by atoms with E-state index in [0.29, 0.717) is 12.5 Å². The molecule has 0 aromatic carbocycles. The molecule has 0 aliphatic carbocycles. The first-order valence-corrected chi connectivity index (χ1v) is 6.89. The predicted octanol–water partition coefficient (Wildman–Crippen LogP) is -2.28. The van der Waals surface area contributed by atoms with Crippen LogP contribution in [0.1, 0.15) is 53.4 Å². The van der Waals surface area contributed by atoms with Crippen LogP contribution in [0.5, 0.6) is 0 Å². The summed E-state index contributed by atoms with van der Waals surface area (Å²) in [5, 5.41) is 27.1. The van der Waals surface area contributed by atoms with Crippen molar-refractivity contribution >= 4 is 5.97 Å². The van der Waals surface area contributed by atoms with Crippen LogP contribution in [0.4, 0.5) is 0 Å². The normalized spacial score (nSPS) is 12.9. The Bertz CT molecular complexity index is 210. The summed E-state index contributed by atoms with van der Waals surface area (Å²) >= 11 is 0. The van der Waals surface area contributed by atoms with Gasteiger partial charge in [0.1, 0.15) is 0 Å². The van der Waals surface area contributed by atoms with Gasteiger partial charge in [0.2, 0.25) is 0 Å². The molecular formula is C14H29KO5. The molecule has 0 spiro atoms. The number of carboxylic acids is 1. The van der Waals surface area contributed by atoms with Gasteiger partial charge in [0.05, 0.1) is 25.4 Å². The SMILES string of the molecule is CC(C)CCCCC(=O)[O-].CC(O)COC(C)CO.[K+]. The number of aliphatic hydroxyl groups excluding tert-OH is 2. The molecule has 0 amide bonds. The summed E-state index contributed by atoms with van der Waals surface area (Å²) in [6, 6.07) is 0. The molecule has 2 unspecified atom stereocenters. The van der Waals surface area contributed by atoms with E-state index in [-0.39, 0.29) is 70.5 Å². The second-order valence-electron chi connectivity index (χ2n) is 5.19. The van der Waals surface area contributed by atoms with E-state index in [2.05, 4.69) is 13.8 Å². The van der Waals surface area contributed by atoms with Gasteiger partial charge in [-0.05, 0) is 32.6 Å². The average Bonchev–Trinajstić information content (AvgIpc) is 2.32. The number of aliphatic hydroxyl groups is 2. The first-order chi connectivity index (χ1) is 8.79. The van der Waals surface area contributed by atoms with Crippen molar-refractivity contribution in [2.45, 2.75) is 65.6 Å². The Morgan fingerprint density at radius 2 is 1.75 bits per heavy atom. The zero-order chi connectivity index (χ0) is 15.3. The molecule has 0 aliphatic rings. The van der Waals surface area contributed by atoms with Gasteiger partial charge >= 0.3 is 51.4 Å². The van der Waals surface area contributed by atoms with Gasteiger partial charge in [0, 0.05) is 5.97 Å². The zero-order valence-electron chi connectivity index (χ0n) is 13.6. The monoisotopic (exact) mass is 316 g/mol. The van der Waals surface area contributed by atoms with Gasteiger partial charge in [-0.25, -0.2) is 0 Å². The summed E-state index contributed by atoms with van der Waals surface area (Å²) in [6.45, 7) is 7.97. The van der Waals surface area contributed by atoms with Crippen LogP contribution < -0.4 is 56.5 Å². The van der Waals surface area contributed by atoms with Crippen LogP contribution in [-0.4, -0.2) is 41.6 Å². The van der Waals surface area contributed by atoms with Crippen molar-refractivity contribution < 1.29 is 76.2 Å². The number of hydrogen-bond donors (Lipinski definition) is 2. The Labute approximate surface area is 165 Å². The van der Waals surface area contributed by atoms with Crippen molar-refractivity contribution in [1.29, 1.82) is 0 Å². The van der Waals surface area contributed by atoms with Crippen LogP contribution in [0.3, 0.4) is 0 Å². The quantitative estimate of drug-likeness (QED) is 0.370. The van der Waals surface area contributed by atoms with E-state index in [1.54, 1.807) is 13.8 Å². The molecule has 0 fully saturated rings. The molecule has 6 heteroatoms. The van der Waals surface area contributed by atoms with Crippen molar-refractivity contribution in [2.24, 2.45) is 5.92 Å². The molecule has 0 aliphatic heterocycles. The smallest absolute Gasteiger partial charge is 0.550 e. The molecule has 2 N–H and O–H groups in total. The topological polar surface area (TPSA) is 89.8 Å². The fourth-order valence-electron chi connectivity index (χ4n) is 1.18. The molecule has 0 radical (unpaired) electrons. The molecule has 0 rings (SSSR count). The summed E-state index contributed by atoms with van der Waals surface area (Å²) in [4.78, 5) is 9.93. The number of carbonyl (C=O) groups excluding carboxylic acids is 1. The number of aliphatic carboxylic acids is 1. The standard InChI is InChI=1S/C8H16O2.C6H14O3.K/c1-7(2)5-3-4-6-8(9)10;1-5(8)4-9-6(2)3-7;/h7H,3-6H2,1-2H3,(H,9,10);5-8H,3-4H2,1-2H3;/q;;+1/p-1. The van der Waals surface area contributed by atoms with E-state index in [9.17, 15) is 9.90 Å². The van der Waals surface area contributed by atoms with Gasteiger partial charge in [-0.2, -0.15) is 0 Å². The molecule has 0 heterocycles. The third-order valence-electron chi connectivity index (χ3n) is 2.29. The van der Waals surface area contributed by atoms with E-state index < -0.39 is 12.1 Å². The number of carbonyl (C=O) groups is 1. The molecule has 0 bridgehead atoms. The maximum absolute atomic E-state index is 9.93. The van der Waals surface area contributed by atoms with E-state index in [1.807, 2.05) is 0 Å². The minimum absolute atomic E-state index is 0. The van der Waals surface area contributed by atoms with Crippen LogP contribution >= 0.6 is 0 Å². The molecule has 0 aromatic heterocycles. The maximum atomic E-state index is 9.93. The van der Waals surface area contributed by atoms with Crippen LogP contribution in [-0.2, 0) is 9.53 Å². The van der Waals surface area contributed by atoms with Crippen molar-refractivity contribution in [3.8, 4) is 0 Å². The van der Waals surface area contributed by atoms with Crippen molar-refractivity contribution in [2.75, 3.05) is 13.2 Å². The van der Waals surface area contributed by atoms with Crippen LogP contribution in [0.2, 0.25) is 0 Å². The molecule has 0 aromatic rings. The van der Waals surface area contributed by atoms with E-state index >= 15 is 0 Å². The van der Waals surface area contributed by atoms with Crippen molar-refractivity contribution in [3.05, 3.63) is 0 Å². The molecule has 116 valence electrons. The van der Waals surface area contributed by atoms with Crippen molar-refractivity contribution in [1.82, 2.24) is 0 Å². The van der Waals surface area contributed by atoms with E-state index in [1.165, 1.54) is 0 Å². The van der Waals surface area contributed by atoms with E-state index in [0.717, 1.165) is 19.3 Å². The second-order valence-corrected chi connectivity index (χ2v) is 5.19. The van der Waals surface area contributed by atoms with Gasteiger partial charge in [-0.15, -0.1) is 0 Å². The number of ether oxygens (including phenoxy) is 1. The third kappa shape index (κ3) is 27.3. The number of carboxylic acid groups (broad SMARTS) is 1. The maximum Gasteiger partial charge on any atom is 1.00 e. The van der Waals surface area contributed by atoms with Crippen molar-refractivity contribution in [3.63, 3.8) is 0 Å². The van der Waals surface area contributed by atoms with Gasteiger partial charge < -0.3 is 24.9 Å². The molecule has 0 saturated heterocycles. The molecule has 5 nitrogen and oxygen atoms in total. The minimum Gasteiger partial charge on any atom is -0.550 e. The second kappa shape index (κ2) is 18.0. The third-order valence-corrected chi connectivity index (χ3v) is 2.29. The van der Waals surface area contributed by atoms with Crippen LogP contribution in [0.25, 0.3) is 0 Å². The number of rotatable bonds is 9. The fourth-order valence-corrected chi connectivity index (χ4v) is 1.18. The van der Waals surface area contributed by atoms with Gasteiger partial charge in [0.15, 0.2) is 0 Å². The van der Waals surface area contributed by atoms with Crippen LogP contribution in [0.15, 0.2) is 0 Å². The Balaban J connectivity index is -0.000000277. The summed E-state index contributed by atoms with van der Waals surface area (Å²) in [5.41, 5.74) is 0. The van der Waals surface area contributed by atoms with Gasteiger partial charge in [0.25, 0.3) is 0 Å². The Morgan fingerprint density at radius 3 is 2.10 bits per heavy atom. The Hall–Kier alpha value is 0.986. The van der Waals surface area contributed by atoms with Gasteiger partial charge in [-0.1, -0.05) is 26.7 Å². The van der Waals surface area contributed by atoms with Gasteiger partial charge in [-0.3, -0.25) is 0 Å².